The summed E-state index contributed by atoms with van der Waals surface area (Å²) in [4.78, 5) is 10.6. The van der Waals surface area contributed by atoms with Crippen LogP contribution in [0.4, 0.5) is 0 Å². The fourth-order valence-corrected chi connectivity index (χ4v) is 4.24. The van der Waals surface area contributed by atoms with Crippen LogP contribution in [0.3, 0.4) is 0 Å². The van der Waals surface area contributed by atoms with E-state index in [1.54, 1.807) is 0 Å². The van der Waals surface area contributed by atoms with Crippen molar-refractivity contribution in [2.45, 2.75) is 46.2 Å². The van der Waals surface area contributed by atoms with Gasteiger partial charge in [0.2, 0.25) is 0 Å². The first-order valence-corrected chi connectivity index (χ1v) is 8.03. The molecule has 1 aliphatic rings. The second-order valence-electron chi connectivity index (χ2n) is 6.28. The van der Waals surface area contributed by atoms with Crippen LogP contribution >= 0.6 is 11.3 Å². The number of aromatic nitrogens is 3. The van der Waals surface area contributed by atoms with Gasteiger partial charge >= 0.3 is 0 Å². The average Bonchev–Trinajstić information content (AvgIpc) is 3.01. The summed E-state index contributed by atoms with van der Waals surface area (Å²) in [5.74, 6) is 0. The molecular formula is C15H22N4S. The Balaban J connectivity index is 2.04. The van der Waals surface area contributed by atoms with Crippen molar-refractivity contribution in [3.8, 4) is 10.7 Å². The lowest BCUT2D eigenvalue weighted by molar-refractivity contribution is 0.265. The van der Waals surface area contributed by atoms with Gasteiger partial charge in [0.05, 0.1) is 23.9 Å². The lowest BCUT2D eigenvalue weighted by Gasteiger charge is -2.34. The summed E-state index contributed by atoms with van der Waals surface area (Å²) in [5, 5.41) is 4.55. The summed E-state index contributed by atoms with van der Waals surface area (Å²) in [7, 11) is 2.05. The minimum absolute atomic E-state index is 0.316. The molecule has 5 heteroatoms. The van der Waals surface area contributed by atoms with Gasteiger partial charge in [-0.3, -0.25) is 0 Å². The Hall–Kier alpha value is -1.20. The third kappa shape index (κ3) is 2.29. The predicted octanol–water partition coefficient (Wildman–Crippen LogP) is 3.26. The van der Waals surface area contributed by atoms with Gasteiger partial charge in [0, 0.05) is 17.5 Å². The van der Waals surface area contributed by atoms with Crippen LogP contribution in [0.25, 0.3) is 10.7 Å². The van der Waals surface area contributed by atoms with Crippen molar-refractivity contribution in [2.75, 3.05) is 7.05 Å². The maximum Gasteiger partial charge on any atom is 0.142 e. The number of nitrogens with zero attached hydrogens (tertiary/aromatic N) is 3. The summed E-state index contributed by atoms with van der Waals surface area (Å²) in [6.07, 6.45) is 6.05. The summed E-state index contributed by atoms with van der Waals surface area (Å²) in [6, 6.07) is 0.429. The molecule has 2 aromatic rings. The Morgan fingerprint density at radius 1 is 1.50 bits per heavy atom. The van der Waals surface area contributed by atoms with Crippen LogP contribution in [-0.4, -0.2) is 21.6 Å². The zero-order chi connectivity index (χ0) is 14.3. The Morgan fingerprint density at radius 2 is 2.30 bits per heavy atom. The molecule has 20 heavy (non-hydrogen) atoms. The summed E-state index contributed by atoms with van der Waals surface area (Å²) >= 11 is 1.82. The molecule has 4 nitrogen and oxygen atoms in total. The molecule has 0 amide bonds. The van der Waals surface area contributed by atoms with Crippen LogP contribution < -0.4 is 5.32 Å². The molecule has 108 valence electrons. The molecule has 0 aliphatic heterocycles. The molecule has 0 bridgehead atoms. The van der Waals surface area contributed by atoms with Crippen molar-refractivity contribution in [3.05, 3.63) is 23.1 Å². The van der Waals surface area contributed by atoms with Crippen molar-refractivity contribution in [1.82, 2.24) is 19.9 Å². The largest absolute Gasteiger partial charge is 0.329 e. The van der Waals surface area contributed by atoms with Gasteiger partial charge in [-0.2, -0.15) is 0 Å². The van der Waals surface area contributed by atoms with Gasteiger partial charge < -0.3 is 9.88 Å². The van der Waals surface area contributed by atoms with Crippen molar-refractivity contribution < 1.29 is 0 Å². The van der Waals surface area contributed by atoms with Crippen molar-refractivity contribution in [3.63, 3.8) is 0 Å². The third-order valence-corrected chi connectivity index (χ3v) is 5.30. The van der Waals surface area contributed by atoms with Gasteiger partial charge in [-0.25, -0.2) is 9.97 Å². The molecule has 1 atom stereocenters. The maximum absolute atomic E-state index is 4.91. The van der Waals surface area contributed by atoms with E-state index in [0.717, 1.165) is 23.7 Å². The van der Waals surface area contributed by atoms with E-state index in [4.69, 9.17) is 4.98 Å². The highest BCUT2D eigenvalue weighted by Gasteiger charge is 2.34. The number of aryl methyl sites for hydroxylation is 1. The number of hydrogen-bond donors (Lipinski definition) is 1. The molecule has 1 aliphatic carbocycles. The van der Waals surface area contributed by atoms with Crippen molar-refractivity contribution >= 4 is 11.3 Å². The van der Waals surface area contributed by atoms with Gasteiger partial charge in [-0.15, -0.1) is 11.3 Å². The Morgan fingerprint density at radius 3 is 3.00 bits per heavy atom. The maximum atomic E-state index is 4.91. The normalized spacial score (nSPS) is 20.9. The van der Waals surface area contributed by atoms with E-state index < -0.39 is 0 Å². The second-order valence-corrected chi connectivity index (χ2v) is 7.31. The highest BCUT2D eigenvalue weighted by Crippen LogP contribution is 2.44. The first kappa shape index (κ1) is 13.8. The van der Waals surface area contributed by atoms with E-state index in [-0.39, 0.29) is 0 Å². The average molecular weight is 290 g/mol. The highest BCUT2D eigenvalue weighted by molar-refractivity contribution is 7.15. The van der Waals surface area contributed by atoms with Gasteiger partial charge in [0.1, 0.15) is 5.01 Å². The number of fused-ring (bicyclic) bond motifs is 1. The monoisotopic (exact) mass is 290 g/mol. The van der Waals surface area contributed by atoms with Gasteiger partial charge in [0.15, 0.2) is 0 Å². The van der Waals surface area contributed by atoms with Gasteiger partial charge in [-0.1, -0.05) is 13.8 Å². The fraction of sp³-hybridized carbons (Fsp3) is 0.600. The van der Waals surface area contributed by atoms with E-state index in [1.165, 1.54) is 17.0 Å². The van der Waals surface area contributed by atoms with Crippen LogP contribution in [0.1, 0.15) is 43.8 Å². The molecule has 0 aromatic carbocycles. The molecule has 2 aromatic heterocycles. The number of thiazole rings is 1. The Kier molecular flexibility index (Phi) is 3.42. The van der Waals surface area contributed by atoms with Crippen LogP contribution in [0.5, 0.6) is 0 Å². The quantitative estimate of drug-likeness (QED) is 0.943. The number of hydrogen-bond acceptors (Lipinski definition) is 4. The van der Waals surface area contributed by atoms with Gasteiger partial charge in [-0.05, 0) is 32.2 Å². The van der Waals surface area contributed by atoms with E-state index >= 15 is 0 Å². The fourth-order valence-electron chi connectivity index (χ4n) is 3.03. The van der Waals surface area contributed by atoms with Crippen LogP contribution in [0, 0.1) is 5.41 Å². The van der Waals surface area contributed by atoms with E-state index in [9.17, 15) is 0 Å². The first-order chi connectivity index (χ1) is 9.54. The molecule has 0 radical (unpaired) electrons. The molecule has 1 unspecified atom stereocenters. The molecule has 1 N–H and O–H groups in total. The first-order valence-electron chi connectivity index (χ1n) is 7.21. The minimum atomic E-state index is 0.316. The minimum Gasteiger partial charge on any atom is -0.329 e. The van der Waals surface area contributed by atoms with Crippen molar-refractivity contribution in [2.24, 2.45) is 5.41 Å². The number of imidazole rings is 1. The Labute approximate surface area is 124 Å². The van der Waals surface area contributed by atoms with E-state index in [0.29, 0.717) is 11.5 Å². The topological polar surface area (TPSA) is 42.7 Å². The summed E-state index contributed by atoms with van der Waals surface area (Å²) < 4.78 is 2.16. The van der Waals surface area contributed by atoms with Crippen LogP contribution in [0.2, 0.25) is 0 Å². The summed E-state index contributed by atoms with van der Waals surface area (Å²) in [5.41, 5.74) is 2.72. The number of rotatable bonds is 3. The third-order valence-electron chi connectivity index (χ3n) is 4.07. The SMILES string of the molecule is CCn1cncc1-c1nc2c(s1)C(NC)CC(C)(C)C2. The van der Waals surface area contributed by atoms with E-state index in [1.807, 2.05) is 30.9 Å². The zero-order valence-electron chi connectivity index (χ0n) is 12.6. The lowest BCUT2D eigenvalue weighted by atomic mass is 9.76. The molecule has 2 heterocycles. The Bertz CT molecular complexity index is 611. The highest BCUT2D eigenvalue weighted by atomic mass is 32.1. The molecule has 0 saturated carbocycles. The molecule has 0 spiro atoms. The smallest absolute Gasteiger partial charge is 0.142 e. The predicted molar refractivity (Wildman–Crippen MR) is 82.9 cm³/mol. The lowest BCUT2D eigenvalue weighted by Crippen LogP contribution is -2.30. The molecular weight excluding hydrogens is 268 g/mol. The zero-order valence-corrected chi connectivity index (χ0v) is 13.4. The second kappa shape index (κ2) is 4.97. The van der Waals surface area contributed by atoms with Crippen molar-refractivity contribution in [1.29, 1.82) is 0 Å². The molecule has 0 saturated heterocycles. The van der Waals surface area contributed by atoms with Crippen LogP contribution in [-0.2, 0) is 13.0 Å². The standard InChI is InChI=1S/C15H22N4S/c1-5-19-9-17-8-12(19)14-18-11-7-15(2,3)6-10(16-4)13(11)20-14/h8-10,16H,5-7H2,1-4H3. The summed E-state index contributed by atoms with van der Waals surface area (Å²) in [6.45, 7) is 7.73. The van der Waals surface area contributed by atoms with Gasteiger partial charge in [0.25, 0.3) is 0 Å². The molecule has 0 fully saturated rings. The number of nitrogens with one attached hydrogen (secondary N) is 1. The molecule has 3 rings (SSSR count). The van der Waals surface area contributed by atoms with E-state index in [2.05, 4.69) is 35.6 Å². The van der Waals surface area contributed by atoms with Crippen LogP contribution in [0.15, 0.2) is 12.5 Å².